The lowest BCUT2D eigenvalue weighted by atomic mass is 10.2. The van der Waals surface area contributed by atoms with Crippen molar-refractivity contribution in [3.8, 4) is 5.75 Å². The Morgan fingerprint density at radius 1 is 1.00 bits per heavy atom. The Kier molecular flexibility index (Phi) is 3.19. The Balaban J connectivity index is 1.90. The highest BCUT2D eigenvalue weighted by atomic mass is 16.5. The van der Waals surface area contributed by atoms with Crippen molar-refractivity contribution < 1.29 is 4.74 Å². The summed E-state index contributed by atoms with van der Waals surface area (Å²) in [6.07, 6.45) is 0. The fourth-order valence-electron chi connectivity index (χ4n) is 2.30. The number of amidine groups is 1. The van der Waals surface area contributed by atoms with Crippen LogP contribution in [0, 0.1) is 0 Å². The summed E-state index contributed by atoms with van der Waals surface area (Å²) in [5.41, 5.74) is 2.32. The van der Waals surface area contributed by atoms with Gasteiger partial charge in [0, 0.05) is 17.8 Å². The lowest BCUT2D eigenvalue weighted by Crippen LogP contribution is -2.27. The van der Waals surface area contributed by atoms with Crippen LogP contribution < -0.4 is 9.64 Å². The number of nitrogens with zero attached hydrogens (tertiary/aromatic N) is 2. The predicted octanol–water partition coefficient (Wildman–Crippen LogP) is 2.96. The zero-order chi connectivity index (χ0) is 13.1. The molecule has 0 atom stereocenters. The summed E-state index contributed by atoms with van der Waals surface area (Å²) in [6.45, 7) is 1.77. The first-order chi connectivity index (χ1) is 9.38. The van der Waals surface area contributed by atoms with E-state index in [1.54, 1.807) is 7.11 Å². The molecular weight excluding hydrogens is 236 g/mol. The maximum atomic E-state index is 5.19. The van der Waals surface area contributed by atoms with Gasteiger partial charge in [0.05, 0.1) is 13.7 Å². The molecule has 1 heterocycles. The molecule has 0 fully saturated rings. The average Bonchev–Trinajstić information content (AvgIpc) is 2.98. The molecule has 0 unspecified atom stereocenters. The number of hydrogen-bond acceptors (Lipinski definition) is 3. The second-order valence-corrected chi connectivity index (χ2v) is 4.42. The van der Waals surface area contributed by atoms with E-state index in [0.29, 0.717) is 0 Å². The highest BCUT2D eigenvalue weighted by Gasteiger charge is 2.19. The zero-order valence-electron chi connectivity index (χ0n) is 10.9. The summed E-state index contributed by atoms with van der Waals surface area (Å²) in [5, 5.41) is 0. The highest BCUT2D eigenvalue weighted by molar-refractivity contribution is 6.11. The van der Waals surface area contributed by atoms with Crippen molar-refractivity contribution in [3.05, 3.63) is 60.2 Å². The smallest absolute Gasteiger partial charge is 0.135 e. The Morgan fingerprint density at radius 2 is 1.74 bits per heavy atom. The van der Waals surface area contributed by atoms with Crippen molar-refractivity contribution in [2.24, 2.45) is 4.99 Å². The van der Waals surface area contributed by atoms with Gasteiger partial charge in [-0.1, -0.05) is 30.3 Å². The number of anilines is 1. The summed E-state index contributed by atoms with van der Waals surface area (Å²) >= 11 is 0. The van der Waals surface area contributed by atoms with Gasteiger partial charge in [-0.05, 0) is 24.3 Å². The number of benzene rings is 2. The maximum Gasteiger partial charge on any atom is 0.135 e. The first-order valence-corrected chi connectivity index (χ1v) is 6.40. The van der Waals surface area contributed by atoms with Gasteiger partial charge < -0.3 is 9.64 Å². The Bertz CT molecular complexity index is 575. The number of ether oxygens (including phenoxy) is 1. The molecule has 0 aromatic heterocycles. The Hall–Kier alpha value is -2.29. The van der Waals surface area contributed by atoms with Crippen LogP contribution in [0.5, 0.6) is 5.75 Å². The second-order valence-electron chi connectivity index (χ2n) is 4.42. The molecule has 1 aliphatic heterocycles. The molecule has 96 valence electrons. The average molecular weight is 252 g/mol. The molecule has 0 bridgehead atoms. The van der Waals surface area contributed by atoms with Gasteiger partial charge >= 0.3 is 0 Å². The van der Waals surface area contributed by atoms with E-state index in [1.807, 2.05) is 30.3 Å². The zero-order valence-corrected chi connectivity index (χ0v) is 10.9. The van der Waals surface area contributed by atoms with Crippen molar-refractivity contribution >= 4 is 11.5 Å². The number of methoxy groups -OCH3 is 1. The van der Waals surface area contributed by atoms with Gasteiger partial charge in [0.15, 0.2) is 0 Å². The molecule has 0 saturated heterocycles. The summed E-state index contributed by atoms with van der Waals surface area (Å²) < 4.78 is 5.19. The van der Waals surface area contributed by atoms with Crippen LogP contribution in [0.2, 0.25) is 0 Å². The summed E-state index contributed by atoms with van der Waals surface area (Å²) in [6, 6.07) is 18.4. The molecule has 19 heavy (non-hydrogen) atoms. The normalized spacial score (nSPS) is 14.4. The Morgan fingerprint density at radius 3 is 2.42 bits per heavy atom. The van der Waals surface area contributed by atoms with Gasteiger partial charge in [-0.25, -0.2) is 0 Å². The van der Waals surface area contributed by atoms with Crippen LogP contribution >= 0.6 is 0 Å². The molecule has 3 rings (SSSR count). The summed E-state index contributed by atoms with van der Waals surface area (Å²) in [7, 11) is 1.68. The third-order valence-corrected chi connectivity index (χ3v) is 3.26. The van der Waals surface area contributed by atoms with Crippen LogP contribution in [0.1, 0.15) is 5.56 Å². The standard InChI is InChI=1S/C16H16N2O/c1-19-15-9-7-14(8-10-15)18-12-11-17-16(18)13-5-3-2-4-6-13/h2-10H,11-12H2,1H3. The van der Waals surface area contributed by atoms with Crippen LogP contribution in [0.3, 0.4) is 0 Å². The fraction of sp³-hybridized carbons (Fsp3) is 0.188. The molecule has 3 nitrogen and oxygen atoms in total. The molecular formula is C16H16N2O. The van der Waals surface area contributed by atoms with E-state index in [9.17, 15) is 0 Å². The quantitative estimate of drug-likeness (QED) is 0.839. The SMILES string of the molecule is COc1ccc(N2CCN=C2c2ccccc2)cc1. The van der Waals surface area contributed by atoms with Crippen LogP contribution in [0.15, 0.2) is 59.6 Å². The van der Waals surface area contributed by atoms with Gasteiger partial charge in [0.25, 0.3) is 0 Å². The third-order valence-electron chi connectivity index (χ3n) is 3.26. The minimum Gasteiger partial charge on any atom is -0.497 e. The van der Waals surface area contributed by atoms with E-state index in [2.05, 4.69) is 34.2 Å². The van der Waals surface area contributed by atoms with Crippen LogP contribution in [0.25, 0.3) is 0 Å². The molecule has 0 saturated carbocycles. The van der Waals surface area contributed by atoms with Crippen LogP contribution in [-0.2, 0) is 0 Å². The first-order valence-electron chi connectivity index (χ1n) is 6.40. The summed E-state index contributed by atoms with van der Waals surface area (Å²) in [4.78, 5) is 6.86. The first kappa shape index (κ1) is 11.8. The lowest BCUT2D eigenvalue weighted by molar-refractivity contribution is 0.415. The highest BCUT2D eigenvalue weighted by Crippen LogP contribution is 2.23. The molecule has 0 radical (unpaired) electrons. The lowest BCUT2D eigenvalue weighted by Gasteiger charge is -2.20. The maximum absolute atomic E-state index is 5.19. The van der Waals surface area contributed by atoms with Gasteiger partial charge in [0.1, 0.15) is 11.6 Å². The van der Waals surface area contributed by atoms with E-state index in [1.165, 1.54) is 0 Å². The summed E-state index contributed by atoms with van der Waals surface area (Å²) in [5.74, 6) is 1.92. The van der Waals surface area contributed by atoms with Gasteiger partial charge in [0.2, 0.25) is 0 Å². The second kappa shape index (κ2) is 5.14. The number of hydrogen-bond donors (Lipinski definition) is 0. The van der Waals surface area contributed by atoms with Crippen molar-refractivity contribution in [1.82, 2.24) is 0 Å². The molecule has 0 spiro atoms. The Labute approximate surface area is 113 Å². The van der Waals surface area contributed by atoms with Crippen molar-refractivity contribution in [3.63, 3.8) is 0 Å². The molecule has 0 aliphatic carbocycles. The predicted molar refractivity (Wildman–Crippen MR) is 78.2 cm³/mol. The molecule has 3 heteroatoms. The van der Waals surface area contributed by atoms with Crippen molar-refractivity contribution in [2.75, 3.05) is 25.1 Å². The van der Waals surface area contributed by atoms with Gasteiger partial charge in [-0.3, -0.25) is 4.99 Å². The van der Waals surface area contributed by atoms with E-state index in [0.717, 1.165) is 35.9 Å². The topological polar surface area (TPSA) is 24.8 Å². The molecule has 0 amide bonds. The largest absolute Gasteiger partial charge is 0.497 e. The van der Waals surface area contributed by atoms with E-state index < -0.39 is 0 Å². The van der Waals surface area contributed by atoms with Gasteiger partial charge in [-0.2, -0.15) is 0 Å². The van der Waals surface area contributed by atoms with Crippen LogP contribution in [0.4, 0.5) is 5.69 Å². The molecule has 2 aromatic rings. The van der Waals surface area contributed by atoms with Crippen molar-refractivity contribution in [2.45, 2.75) is 0 Å². The van der Waals surface area contributed by atoms with E-state index in [-0.39, 0.29) is 0 Å². The fourth-order valence-corrected chi connectivity index (χ4v) is 2.30. The monoisotopic (exact) mass is 252 g/mol. The molecule has 0 N–H and O–H groups in total. The van der Waals surface area contributed by atoms with E-state index >= 15 is 0 Å². The van der Waals surface area contributed by atoms with Crippen LogP contribution in [-0.4, -0.2) is 26.0 Å². The van der Waals surface area contributed by atoms with Crippen molar-refractivity contribution in [1.29, 1.82) is 0 Å². The van der Waals surface area contributed by atoms with Gasteiger partial charge in [-0.15, -0.1) is 0 Å². The van der Waals surface area contributed by atoms with E-state index in [4.69, 9.17) is 4.74 Å². The minimum atomic E-state index is 0.844. The number of aliphatic imine (C=N–C) groups is 1. The molecule has 1 aliphatic rings. The molecule has 2 aromatic carbocycles. The third kappa shape index (κ3) is 2.32. The minimum absolute atomic E-state index is 0.844. The number of rotatable bonds is 3.